The van der Waals surface area contributed by atoms with Crippen LogP contribution in [0.1, 0.15) is 36.4 Å². The van der Waals surface area contributed by atoms with Gasteiger partial charge in [-0.2, -0.15) is 13.2 Å². The molecule has 0 bridgehead atoms. The average Bonchev–Trinajstić information content (AvgIpc) is 3.15. The van der Waals surface area contributed by atoms with Crippen molar-refractivity contribution in [3.63, 3.8) is 0 Å². The summed E-state index contributed by atoms with van der Waals surface area (Å²) in [5.74, 6) is -0.218. The van der Waals surface area contributed by atoms with Crippen LogP contribution in [-0.2, 0) is 11.0 Å². The summed E-state index contributed by atoms with van der Waals surface area (Å²) < 4.78 is 43.4. The Kier molecular flexibility index (Phi) is 6.87. The molecule has 2 aromatic rings. The van der Waals surface area contributed by atoms with Crippen molar-refractivity contribution in [3.8, 4) is 0 Å². The largest absolute Gasteiger partial charge is 0.459 e. The number of carbonyl (C=O) groups excluding carboxylic acids is 2. The van der Waals surface area contributed by atoms with Gasteiger partial charge in [-0.05, 0) is 36.6 Å². The zero-order chi connectivity index (χ0) is 22.6. The lowest BCUT2D eigenvalue weighted by molar-refractivity contribution is -0.138. The molecule has 1 N–H and O–H groups in total. The van der Waals surface area contributed by atoms with E-state index >= 15 is 0 Å². The Bertz CT molecular complexity index is 882. The van der Waals surface area contributed by atoms with Crippen molar-refractivity contribution < 1.29 is 27.2 Å². The first kappa shape index (κ1) is 22.6. The predicted molar refractivity (Wildman–Crippen MR) is 107 cm³/mol. The third kappa shape index (κ3) is 5.56. The Morgan fingerprint density at radius 3 is 2.48 bits per heavy atom. The molecular formula is C21H25F3N4O3. The molecule has 0 spiro atoms. The van der Waals surface area contributed by atoms with Crippen LogP contribution in [0.25, 0.3) is 0 Å². The second-order valence-corrected chi connectivity index (χ2v) is 7.74. The maximum atomic E-state index is 13.1. The Hall–Kier alpha value is -3.04. The number of aromatic nitrogens is 1. The van der Waals surface area contributed by atoms with Crippen molar-refractivity contribution in [3.05, 3.63) is 48.0 Å². The SMILES string of the molecule is CC(C)C(NC(=O)c1ccco1)C(=O)N1CCCN(c2ccc(C(F)(F)F)cn2)CC1. The van der Waals surface area contributed by atoms with Crippen LogP contribution >= 0.6 is 0 Å². The summed E-state index contributed by atoms with van der Waals surface area (Å²) in [6.45, 7) is 5.55. The Balaban J connectivity index is 1.64. The van der Waals surface area contributed by atoms with E-state index < -0.39 is 23.7 Å². The molecule has 1 atom stereocenters. The fourth-order valence-electron chi connectivity index (χ4n) is 3.44. The number of halogens is 3. The molecule has 1 aliphatic rings. The fraction of sp³-hybridized carbons (Fsp3) is 0.476. The Labute approximate surface area is 178 Å². The van der Waals surface area contributed by atoms with E-state index in [1.165, 1.54) is 18.4 Å². The van der Waals surface area contributed by atoms with E-state index in [-0.39, 0.29) is 17.6 Å². The number of nitrogens with zero attached hydrogens (tertiary/aromatic N) is 3. The van der Waals surface area contributed by atoms with Gasteiger partial charge in [0.1, 0.15) is 11.9 Å². The van der Waals surface area contributed by atoms with E-state index in [0.717, 1.165) is 12.3 Å². The maximum Gasteiger partial charge on any atom is 0.417 e. The minimum absolute atomic E-state index is 0.133. The lowest BCUT2D eigenvalue weighted by atomic mass is 10.0. The third-order valence-corrected chi connectivity index (χ3v) is 5.17. The topological polar surface area (TPSA) is 78.7 Å². The van der Waals surface area contributed by atoms with Crippen molar-refractivity contribution in [1.29, 1.82) is 0 Å². The van der Waals surface area contributed by atoms with Gasteiger partial charge >= 0.3 is 6.18 Å². The first-order chi connectivity index (χ1) is 14.7. The number of nitrogens with one attached hydrogen (secondary N) is 1. The molecule has 2 amide bonds. The van der Waals surface area contributed by atoms with Crippen LogP contribution in [0, 0.1) is 5.92 Å². The molecule has 3 rings (SSSR count). The van der Waals surface area contributed by atoms with Crippen LogP contribution in [0.4, 0.5) is 19.0 Å². The summed E-state index contributed by atoms with van der Waals surface area (Å²) >= 11 is 0. The molecule has 1 aliphatic heterocycles. The van der Waals surface area contributed by atoms with Crippen LogP contribution in [-0.4, -0.2) is 53.9 Å². The molecule has 3 heterocycles. The second-order valence-electron chi connectivity index (χ2n) is 7.74. The number of hydrogen-bond donors (Lipinski definition) is 1. The van der Waals surface area contributed by atoms with Gasteiger partial charge in [-0.25, -0.2) is 4.98 Å². The molecule has 10 heteroatoms. The van der Waals surface area contributed by atoms with Crippen molar-refractivity contribution in [1.82, 2.24) is 15.2 Å². The summed E-state index contributed by atoms with van der Waals surface area (Å²) in [4.78, 5) is 32.9. The third-order valence-electron chi connectivity index (χ3n) is 5.17. The average molecular weight is 438 g/mol. The molecule has 1 unspecified atom stereocenters. The van der Waals surface area contributed by atoms with Crippen LogP contribution in [0.2, 0.25) is 0 Å². The van der Waals surface area contributed by atoms with Gasteiger partial charge in [0.15, 0.2) is 5.76 Å². The monoisotopic (exact) mass is 438 g/mol. The number of hydrogen-bond acceptors (Lipinski definition) is 5. The van der Waals surface area contributed by atoms with Gasteiger partial charge in [-0.15, -0.1) is 0 Å². The molecule has 1 saturated heterocycles. The normalized spacial score (nSPS) is 16.2. The number of alkyl halides is 3. The number of carbonyl (C=O) groups is 2. The molecule has 0 aliphatic carbocycles. The maximum absolute atomic E-state index is 13.1. The van der Waals surface area contributed by atoms with Gasteiger partial charge in [0, 0.05) is 32.4 Å². The van der Waals surface area contributed by atoms with E-state index in [2.05, 4.69) is 10.3 Å². The van der Waals surface area contributed by atoms with Gasteiger partial charge in [-0.1, -0.05) is 13.8 Å². The molecule has 7 nitrogen and oxygen atoms in total. The molecule has 0 saturated carbocycles. The summed E-state index contributed by atoms with van der Waals surface area (Å²) in [5.41, 5.74) is -0.796. The van der Waals surface area contributed by atoms with Crippen molar-refractivity contribution in [2.24, 2.45) is 5.92 Å². The minimum Gasteiger partial charge on any atom is -0.459 e. The number of anilines is 1. The first-order valence-electron chi connectivity index (χ1n) is 10.1. The highest BCUT2D eigenvalue weighted by Gasteiger charge is 2.32. The summed E-state index contributed by atoms with van der Waals surface area (Å²) in [5, 5.41) is 2.74. The number of rotatable bonds is 5. The molecule has 0 aromatic carbocycles. The smallest absolute Gasteiger partial charge is 0.417 e. The number of amides is 2. The highest BCUT2D eigenvalue weighted by molar-refractivity contribution is 5.95. The highest BCUT2D eigenvalue weighted by Crippen LogP contribution is 2.29. The molecule has 168 valence electrons. The zero-order valence-corrected chi connectivity index (χ0v) is 17.4. The van der Waals surface area contributed by atoms with E-state index in [0.29, 0.717) is 38.4 Å². The van der Waals surface area contributed by atoms with Crippen molar-refractivity contribution in [2.45, 2.75) is 32.5 Å². The second kappa shape index (κ2) is 9.40. The number of pyridine rings is 1. The van der Waals surface area contributed by atoms with E-state index in [9.17, 15) is 22.8 Å². The van der Waals surface area contributed by atoms with Gasteiger partial charge in [-0.3, -0.25) is 9.59 Å². The summed E-state index contributed by atoms with van der Waals surface area (Å²) in [6, 6.07) is 4.77. The molecular weight excluding hydrogens is 413 g/mol. The highest BCUT2D eigenvalue weighted by atomic mass is 19.4. The number of furan rings is 1. The Morgan fingerprint density at radius 2 is 1.90 bits per heavy atom. The first-order valence-corrected chi connectivity index (χ1v) is 10.1. The standard InChI is InChI=1S/C21H25F3N4O3/c1-14(2)18(26-19(29)16-5-3-12-31-16)20(30)28-9-4-8-27(10-11-28)17-7-6-15(13-25-17)21(22,23)24/h3,5-7,12-14,18H,4,8-11H2,1-2H3,(H,26,29). The summed E-state index contributed by atoms with van der Waals surface area (Å²) in [7, 11) is 0. The van der Waals surface area contributed by atoms with Gasteiger partial charge < -0.3 is 19.5 Å². The molecule has 0 radical (unpaired) electrons. The van der Waals surface area contributed by atoms with Crippen LogP contribution in [0.15, 0.2) is 41.1 Å². The summed E-state index contributed by atoms with van der Waals surface area (Å²) in [6.07, 6.45) is -1.59. The van der Waals surface area contributed by atoms with Crippen LogP contribution in [0.5, 0.6) is 0 Å². The van der Waals surface area contributed by atoms with Crippen LogP contribution in [0.3, 0.4) is 0 Å². The lowest BCUT2D eigenvalue weighted by Gasteiger charge is -2.29. The molecule has 1 fully saturated rings. The van der Waals surface area contributed by atoms with Gasteiger partial charge in [0.05, 0.1) is 11.8 Å². The minimum atomic E-state index is -4.43. The van der Waals surface area contributed by atoms with E-state index in [4.69, 9.17) is 4.42 Å². The van der Waals surface area contributed by atoms with Gasteiger partial charge in [0.25, 0.3) is 5.91 Å². The zero-order valence-electron chi connectivity index (χ0n) is 17.4. The van der Waals surface area contributed by atoms with Crippen molar-refractivity contribution in [2.75, 3.05) is 31.1 Å². The quantitative estimate of drug-likeness (QED) is 0.776. The Morgan fingerprint density at radius 1 is 1.13 bits per heavy atom. The van der Waals surface area contributed by atoms with E-state index in [1.807, 2.05) is 18.7 Å². The van der Waals surface area contributed by atoms with E-state index in [1.54, 1.807) is 11.0 Å². The van der Waals surface area contributed by atoms with Gasteiger partial charge in [0.2, 0.25) is 5.91 Å². The predicted octanol–water partition coefficient (Wildman–Crippen LogP) is 3.19. The molecule has 31 heavy (non-hydrogen) atoms. The lowest BCUT2D eigenvalue weighted by Crippen LogP contribution is -2.52. The fourth-order valence-corrected chi connectivity index (χ4v) is 3.44. The molecule has 2 aromatic heterocycles. The van der Waals surface area contributed by atoms with Crippen molar-refractivity contribution >= 4 is 17.6 Å². The van der Waals surface area contributed by atoms with Crippen LogP contribution < -0.4 is 10.2 Å².